The van der Waals surface area contributed by atoms with Crippen LogP contribution in [0.4, 0.5) is 4.39 Å². The quantitative estimate of drug-likeness (QED) is 0.273. The van der Waals surface area contributed by atoms with E-state index in [9.17, 15) is 14.3 Å². The lowest BCUT2D eigenvalue weighted by Gasteiger charge is -2.35. The molecule has 1 saturated heterocycles. The van der Waals surface area contributed by atoms with E-state index >= 15 is 0 Å². The van der Waals surface area contributed by atoms with Crippen molar-refractivity contribution in [3.05, 3.63) is 81.9 Å². The van der Waals surface area contributed by atoms with Crippen LogP contribution in [0.2, 0.25) is 5.02 Å². The molecule has 1 fully saturated rings. The van der Waals surface area contributed by atoms with Gasteiger partial charge < -0.3 is 23.9 Å². The predicted octanol–water partition coefficient (Wildman–Crippen LogP) is 6.35. The Hall–Kier alpha value is -3.82. The van der Waals surface area contributed by atoms with Crippen molar-refractivity contribution in [1.29, 1.82) is 0 Å². The number of rotatable bonds is 7. The number of piperidine rings is 1. The lowest BCUT2D eigenvalue weighted by Crippen LogP contribution is -2.33. The van der Waals surface area contributed by atoms with Crippen LogP contribution in [-0.2, 0) is 13.6 Å². The lowest BCUT2D eigenvalue weighted by molar-refractivity contribution is 0.0696. The van der Waals surface area contributed by atoms with Gasteiger partial charge in [0, 0.05) is 23.2 Å². The van der Waals surface area contributed by atoms with Crippen LogP contribution in [0.25, 0.3) is 11.0 Å². The van der Waals surface area contributed by atoms with E-state index in [4.69, 9.17) is 30.8 Å². The van der Waals surface area contributed by atoms with E-state index < -0.39 is 17.9 Å². The van der Waals surface area contributed by atoms with E-state index in [2.05, 4.69) is 11.0 Å². The SMILES string of the molecule is CCOc1cc(C(=O)O)cc2c1nc(CN1CCC(c3cccc4c3O[C@@H](c3ccc(Cl)cc3F)CO4)CC1)n2C. The maximum atomic E-state index is 14.6. The summed E-state index contributed by atoms with van der Waals surface area (Å²) in [7, 11) is 1.91. The molecule has 214 valence electrons. The standard InChI is InChI=1S/C31H31ClFN3O5/c1-3-39-26-14-19(31(37)38)13-24-29(26)34-28(35(24)2)16-36-11-9-18(10-12-36)21-5-4-6-25-30(21)41-27(17-40-25)22-8-7-20(32)15-23(22)33/h4-8,13-15,18,27H,3,9-12,16-17H2,1-2H3,(H,37,38)/t27-/m1/s1. The first kappa shape index (κ1) is 27.4. The zero-order chi connectivity index (χ0) is 28.7. The first-order valence-corrected chi connectivity index (χ1v) is 14.1. The van der Waals surface area contributed by atoms with Gasteiger partial charge in [0.05, 0.1) is 24.2 Å². The Kier molecular flexibility index (Phi) is 7.48. The van der Waals surface area contributed by atoms with Crippen LogP contribution in [0.1, 0.15) is 59.1 Å². The van der Waals surface area contributed by atoms with Crippen molar-refractivity contribution in [3.63, 3.8) is 0 Å². The lowest BCUT2D eigenvalue weighted by atomic mass is 9.88. The molecule has 2 aliphatic rings. The summed E-state index contributed by atoms with van der Waals surface area (Å²) < 4.78 is 34.7. The third-order valence-corrected chi connectivity index (χ3v) is 8.19. The molecule has 2 aliphatic heterocycles. The van der Waals surface area contributed by atoms with E-state index in [1.807, 2.05) is 30.7 Å². The molecule has 1 N–H and O–H groups in total. The molecule has 0 radical (unpaired) electrons. The molecule has 0 amide bonds. The Bertz CT molecular complexity index is 1620. The molecule has 1 atom stereocenters. The number of benzene rings is 3. The minimum atomic E-state index is -1.00. The van der Waals surface area contributed by atoms with Gasteiger partial charge in [-0.25, -0.2) is 14.2 Å². The highest BCUT2D eigenvalue weighted by Crippen LogP contribution is 2.45. The second kappa shape index (κ2) is 11.2. The van der Waals surface area contributed by atoms with E-state index in [0.29, 0.717) is 46.5 Å². The van der Waals surface area contributed by atoms with Crippen molar-refractivity contribution in [2.75, 3.05) is 26.3 Å². The van der Waals surface area contributed by atoms with Gasteiger partial charge in [-0.15, -0.1) is 0 Å². The van der Waals surface area contributed by atoms with Gasteiger partial charge in [0.25, 0.3) is 0 Å². The van der Waals surface area contributed by atoms with Crippen LogP contribution in [0, 0.1) is 5.82 Å². The summed E-state index contributed by atoms with van der Waals surface area (Å²) in [6.07, 6.45) is 1.27. The van der Waals surface area contributed by atoms with Crippen LogP contribution >= 0.6 is 11.6 Å². The van der Waals surface area contributed by atoms with E-state index in [-0.39, 0.29) is 18.1 Å². The summed E-state index contributed by atoms with van der Waals surface area (Å²) in [4.78, 5) is 18.9. The van der Waals surface area contributed by atoms with Gasteiger partial charge in [-0.3, -0.25) is 4.90 Å². The Morgan fingerprint density at radius 3 is 2.71 bits per heavy atom. The van der Waals surface area contributed by atoms with Crippen molar-refractivity contribution in [2.24, 2.45) is 7.05 Å². The summed E-state index contributed by atoms with van der Waals surface area (Å²) in [5.41, 5.74) is 3.08. The van der Waals surface area contributed by atoms with Crippen LogP contribution in [0.3, 0.4) is 0 Å². The average Bonchev–Trinajstić information content (AvgIpc) is 3.28. The third-order valence-electron chi connectivity index (χ3n) is 7.95. The molecular formula is C31H31ClFN3O5. The number of ether oxygens (including phenoxy) is 3. The minimum Gasteiger partial charge on any atom is -0.492 e. The predicted molar refractivity (Wildman–Crippen MR) is 153 cm³/mol. The fraction of sp³-hybridized carbons (Fsp3) is 0.355. The van der Waals surface area contributed by atoms with Gasteiger partial charge >= 0.3 is 5.97 Å². The van der Waals surface area contributed by atoms with E-state index in [1.165, 1.54) is 12.1 Å². The van der Waals surface area contributed by atoms with Gasteiger partial charge in [-0.1, -0.05) is 29.8 Å². The van der Waals surface area contributed by atoms with Crippen LogP contribution in [0.5, 0.6) is 17.2 Å². The summed E-state index contributed by atoms with van der Waals surface area (Å²) in [6.45, 7) is 4.86. The normalized spacial score (nSPS) is 17.6. The zero-order valence-corrected chi connectivity index (χ0v) is 23.7. The molecule has 8 nitrogen and oxygen atoms in total. The molecular weight excluding hydrogens is 549 g/mol. The number of aromatic nitrogens is 2. The number of nitrogens with zero attached hydrogens (tertiary/aromatic N) is 3. The van der Waals surface area contributed by atoms with Crippen LogP contribution in [0.15, 0.2) is 48.5 Å². The number of para-hydroxylation sites is 1. The molecule has 6 rings (SSSR count). The second-order valence-electron chi connectivity index (χ2n) is 10.5. The molecule has 0 unspecified atom stereocenters. The van der Waals surface area contributed by atoms with Crippen LogP contribution < -0.4 is 14.2 Å². The highest BCUT2D eigenvalue weighted by molar-refractivity contribution is 6.30. The molecule has 0 bridgehead atoms. The fourth-order valence-corrected chi connectivity index (χ4v) is 5.95. The van der Waals surface area contributed by atoms with Gasteiger partial charge in [0.15, 0.2) is 17.6 Å². The zero-order valence-electron chi connectivity index (χ0n) is 22.9. The number of aromatic carboxylic acids is 1. The number of carboxylic acid groups (broad SMARTS) is 1. The number of hydrogen-bond acceptors (Lipinski definition) is 6. The fourth-order valence-electron chi connectivity index (χ4n) is 5.79. The highest BCUT2D eigenvalue weighted by Gasteiger charge is 2.31. The highest BCUT2D eigenvalue weighted by atomic mass is 35.5. The molecule has 0 spiro atoms. The van der Waals surface area contributed by atoms with Crippen molar-refractivity contribution >= 4 is 28.6 Å². The number of halogens is 2. The Morgan fingerprint density at radius 2 is 1.98 bits per heavy atom. The molecule has 3 heterocycles. The molecule has 10 heteroatoms. The summed E-state index contributed by atoms with van der Waals surface area (Å²) in [6, 6.07) is 13.7. The minimum absolute atomic E-state index is 0.176. The van der Waals surface area contributed by atoms with Crippen LogP contribution in [-0.4, -0.2) is 51.8 Å². The summed E-state index contributed by atoms with van der Waals surface area (Å²) in [5, 5.41) is 9.89. The van der Waals surface area contributed by atoms with Crippen molar-refractivity contribution in [3.8, 4) is 17.2 Å². The van der Waals surface area contributed by atoms with Gasteiger partial charge in [0.1, 0.15) is 29.5 Å². The Labute approximate surface area is 242 Å². The molecule has 4 aromatic rings. The maximum absolute atomic E-state index is 14.6. The Morgan fingerprint density at radius 1 is 1.17 bits per heavy atom. The third kappa shape index (κ3) is 5.31. The molecule has 1 aromatic heterocycles. The summed E-state index contributed by atoms with van der Waals surface area (Å²) in [5.74, 6) is 1.56. The number of likely N-dealkylation sites (tertiary alicyclic amines) is 1. The Balaban J connectivity index is 1.18. The smallest absolute Gasteiger partial charge is 0.335 e. The number of carbonyl (C=O) groups is 1. The number of imidazole rings is 1. The molecule has 0 aliphatic carbocycles. The second-order valence-corrected chi connectivity index (χ2v) is 10.9. The van der Waals surface area contributed by atoms with Crippen molar-refractivity contribution in [2.45, 2.75) is 38.3 Å². The van der Waals surface area contributed by atoms with E-state index in [0.717, 1.165) is 42.8 Å². The first-order chi connectivity index (χ1) is 19.8. The largest absolute Gasteiger partial charge is 0.492 e. The number of aryl methyl sites for hydroxylation is 1. The molecule has 3 aromatic carbocycles. The number of carboxylic acids is 1. The topological polar surface area (TPSA) is 86.1 Å². The average molecular weight is 580 g/mol. The molecule has 0 saturated carbocycles. The van der Waals surface area contributed by atoms with Crippen molar-refractivity contribution < 1.29 is 28.5 Å². The summed E-state index contributed by atoms with van der Waals surface area (Å²) >= 11 is 5.94. The van der Waals surface area contributed by atoms with Gasteiger partial charge in [0.2, 0.25) is 0 Å². The number of hydrogen-bond donors (Lipinski definition) is 1. The number of fused-ring (bicyclic) bond motifs is 2. The molecule has 41 heavy (non-hydrogen) atoms. The van der Waals surface area contributed by atoms with Gasteiger partial charge in [-0.2, -0.15) is 0 Å². The van der Waals surface area contributed by atoms with Gasteiger partial charge in [-0.05, 0) is 69.1 Å². The van der Waals surface area contributed by atoms with Crippen molar-refractivity contribution in [1.82, 2.24) is 14.5 Å². The maximum Gasteiger partial charge on any atom is 0.335 e. The monoisotopic (exact) mass is 579 g/mol. The first-order valence-electron chi connectivity index (χ1n) is 13.8. The van der Waals surface area contributed by atoms with E-state index in [1.54, 1.807) is 18.2 Å².